The van der Waals surface area contributed by atoms with Crippen molar-refractivity contribution in [2.45, 2.75) is 13.8 Å². The molecule has 0 aromatic carbocycles. The first kappa shape index (κ1) is 9.58. The van der Waals surface area contributed by atoms with Crippen molar-refractivity contribution in [1.29, 1.82) is 0 Å². The lowest BCUT2D eigenvalue weighted by Gasteiger charge is -2.00. The first-order valence-corrected chi connectivity index (χ1v) is 4.73. The molecule has 0 aliphatic rings. The number of fused-ring (bicyclic) bond motifs is 1. The minimum atomic E-state index is 0.754. The molecule has 2 aromatic rings. The van der Waals surface area contributed by atoms with Gasteiger partial charge in [0.05, 0.1) is 5.69 Å². The summed E-state index contributed by atoms with van der Waals surface area (Å²) >= 11 is 0. The van der Waals surface area contributed by atoms with Gasteiger partial charge in [0.15, 0.2) is 11.5 Å². The number of aromatic nitrogens is 4. The zero-order chi connectivity index (χ0) is 10.8. The summed E-state index contributed by atoms with van der Waals surface area (Å²) in [6, 6.07) is 3.78. The van der Waals surface area contributed by atoms with Crippen LogP contribution in [0.1, 0.15) is 18.4 Å². The van der Waals surface area contributed by atoms with E-state index in [4.69, 9.17) is 0 Å². The second-order valence-corrected chi connectivity index (χ2v) is 3.26. The van der Waals surface area contributed by atoms with Crippen LogP contribution in [0.3, 0.4) is 0 Å². The molecule has 4 heteroatoms. The number of hydrogen-bond acceptors (Lipinski definition) is 3. The Kier molecular flexibility index (Phi) is 2.33. The summed E-state index contributed by atoms with van der Waals surface area (Å²) < 4.78 is 1.71. The first-order chi connectivity index (χ1) is 7.22. The summed E-state index contributed by atoms with van der Waals surface area (Å²) in [6.07, 6.45) is 3.86. The molecule has 2 aromatic heterocycles. The maximum absolute atomic E-state index is 4.39. The van der Waals surface area contributed by atoms with Crippen LogP contribution < -0.4 is 0 Å². The summed E-state index contributed by atoms with van der Waals surface area (Å²) in [6.45, 7) is 7.75. The van der Waals surface area contributed by atoms with Gasteiger partial charge in [0, 0.05) is 0 Å². The van der Waals surface area contributed by atoms with E-state index in [2.05, 4.69) is 21.9 Å². The molecule has 4 nitrogen and oxygen atoms in total. The van der Waals surface area contributed by atoms with Crippen LogP contribution in [0.25, 0.3) is 11.2 Å². The quantitative estimate of drug-likeness (QED) is 0.696. The van der Waals surface area contributed by atoms with Gasteiger partial charge in [-0.1, -0.05) is 18.7 Å². The van der Waals surface area contributed by atoms with Gasteiger partial charge in [0.2, 0.25) is 0 Å². The van der Waals surface area contributed by atoms with Crippen molar-refractivity contribution < 1.29 is 0 Å². The monoisotopic (exact) mass is 200 g/mol. The van der Waals surface area contributed by atoms with Crippen LogP contribution in [0.2, 0.25) is 0 Å². The SMILES string of the molecule is C=C(/C=C\C)c1ccc2nnc(C)n2n1. The highest BCUT2D eigenvalue weighted by atomic mass is 15.4. The average Bonchev–Trinajstić information content (AvgIpc) is 2.60. The molecule has 0 spiro atoms. The van der Waals surface area contributed by atoms with Gasteiger partial charge < -0.3 is 0 Å². The van der Waals surface area contributed by atoms with Crippen molar-refractivity contribution in [3.05, 3.63) is 42.4 Å². The topological polar surface area (TPSA) is 43.1 Å². The van der Waals surface area contributed by atoms with Gasteiger partial charge >= 0.3 is 0 Å². The van der Waals surface area contributed by atoms with Gasteiger partial charge in [-0.05, 0) is 31.6 Å². The molecule has 0 atom stereocenters. The van der Waals surface area contributed by atoms with Crippen LogP contribution >= 0.6 is 0 Å². The predicted octanol–water partition coefficient (Wildman–Crippen LogP) is 2.02. The minimum absolute atomic E-state index is 0.754. The molecule has 15 heavy (non-hydrogen) atoms. The minimum Gasteiger partial charge on any atom is -0.197 e. The largest absolute Gasteiger partial charge is 0.197 e. The molecule has 0 aliphatic carbocycles. The molecular formula is C11H12N4. The molecule has 76 valence electrons. The maximum atomic E-state index is 4.39. The number of rotatable bonds is 2. The van der Waals surface area contributed by atoms with Crippen molar-refractivity contribution in [1.82, 2.24) is 19.8 Å². The van der Waals surface area contributed by atoms with E-state index in [0.29, 0.717) is 0 Å². The zero-order valence-corrected chi connectivity index (χ0v) is 8.81. The van der Waals surface area contributed by atoms with Crippen molar-refractivity contribution in [3.8, 4) is 0 Å². The number of nitrogens with zero attached hydrogens (tertiary/aromatic N) is 4. The second kappa shape index (κ2) is 3.65. The molecule has 0 saturated heterocycles. The number of hydrogen-bond donors (Lipinski definition) is 0. The molecule has 0 N–H and O–H groups in total. The van der Waals surface area contributed by atoms with Gasteiger partial charge in [0.25, 0.3) is 0 Å². The summed E-state index contributed by atoms with van der Waals surface area (Å²) in [4.78, 5) is 0. The third-order valence-electron chi connectivity index (χ3n) is 2.12. The fraction of sp³-hybridized carbons (Fsp3) is 0.182. The highest BCUT2D eigenvalue weighted by molar-refractivity contribution is 5.69. The van der Waals surface area contributed by atoms with E-state index < -0.39 is 0 Å². The Balaban J connectivity index is 2.54. The fourth-order valence-corrected chi connectivity index (χ4v) is 1.35. The van der Waals surface area contributed by atoms with E-state index >= 15 is 0 Å². The van der Waals surface area contributed by atoms with Gasteiger partial charge in [0.1, 0.15) is 0 Å². The Labute approximate surface area is 88.0 Å². The predicted molar refractivity (Wildman–Crippen MR) is 59.4 cm³/mol. The molecule has 0 saturated carbocycles. The maximum Gasteiger partial charge on any atom is 0.177 e. The van der Waals surface area contributed by atoms with E-state index in [1.807, 2.05) is 38.1 Å². The Hall–Kier alpha value is -1.97. The van der Waals surface area contributed by atoms with Crippen molar-refractivity contribution in [2.24, 2.45) is 0 Å². The molecular weight excluding hydrogens is 188 g/mol. The Morgan fingerprint density at radius 2 is 2.20 bits per heavy atom. The van der Waals surface area contributed by atoms with E-state index in [1.165, 1.54) is 0 Å². The normalized spacial score (nSPS) is 11.3. The van der Waals surface area contributed by atoms with Gasteiger partial charge in [-0.3, -0.25) is 0 Å². The van der Waals surface area contributed by atoms with Gasteiger partial charge in [-0.2, -0.15) is 9.61 Å². The highest BCUT2D eigenvalue weighted by Gasteiger charge is 2.03. The third-order valence-corrected chi connectivity index (χ3v) is 2.12. The Bertz CT molecular complexity index is 537. The van der Waals surface area contributed by atoms with Crippen molar-refractivity contribution in [3.63, 3.8) is 0 Å². The standard InChI is InChI=1S/C11H12N4/c1-4-5-8(2)10-6-7-11-13-12-9(3)15(11)14-10/h4-7H,2H2,1,3H3/b5-4-. The van der Waals surface area contributed by atoms with E-state index in [-0.39, 0.29) is 0 Å². The van der Waals surface area contributed by atoms with Crippen LogP contribution in [0.5, 0.6) is 0 Å². The van der Waals surface area contributed by atoms with Gasteiger partial charge in [-0.15, -0.1) is 10.2 Å². The lowest BCUT2D eigenvalue weighted by atomic mass is 10.2. The zero-order valence-electron chi connectivity index (χ0n) is 8.81. The molecule has 0 radical (unpaired) electrons. The molecule has 0 bridgehead atoms. The average molecular weight is 200 g/mol. The van der Waals surface area contributed by atoms with E-state index in [0.717, 1.165) is 22.7 Å². The molecule has 0 aliphatic heterocycles. The Morgan fingerprint density at radius 1 is 1.40 bits per heavy atom. The Morgan fingerprint density at radius 3 is 2.93 bits per heavy atom. The summed E-state index contributed by atoms with van der Waals surface area (Å²) in [5.74, 6) is 0.778. The summed E-state index contributed by atoms with van der Waals surface area (Å²) in [5, 5.41) is 12.3. The smallest absolute Gasteiger partial charge is 0.177 e. The van der Waals surface area contributed by atoms with Crippen LogP contribution in [-0.4, -0.2) is 19.8 Å². The van der Waals surface area contributed by atoms with Gasteiger partial charge in [-0.25, -0.2) is 0 Å². The van der Waals surface area contributed by atoms with E-state index in [9.17, 15) is 0 Å². The summed E-state index contributed by atoms with van der Waals surface area (Å²) in [7, 11) is 0. The number of allylic oxidation sites excluding steroid dienone is 3. The molecule has 0 unspecified atom stereocenters. The summed E-state index contributed by atoms with van der Waals surface area (Å²) in [5.41, 5.74) is 2.47. The third kappa shape index (κ3) is 1.66. The first-order valence-electron chi connectivity index (χ1n) is 4.73. The molecule has 0 amide bonds. The lowest BCUT2D eigenvalue weighted by molar-refractivity contribution is 0.866. The van der Waals surface area contributed by atoms with Crippen LogP contribution in [0, 0.1) is 6.92 Å². The van der Waals surface area contributed by atoms with E-state index in [1.54, 1.807) is 4.52 Å². The lowest BCUT2D eigenvalue weighted by Crippen LogP contribution is -1.97. The van der Waals surface area contributed by atoms with Crippen LogP contribution in [0.15, 0.2) is 30.9 Å². The van der Waals surface area contributed by atoms with Crippen molar-refractivity contribution in [2.75, 3.05) is 0 Å². The van der Waals surface area contributed by atoms with Crippen LogP contribution in [-0.2, 0) is 0 Å². The second-order valence-electron chi connectivity index (χ2n) is 3.26. The fourth-order valence-electron chi connectivity index (χ4n) is 1.35. The van der Waals surface area contributed by atoms with Crippen LogP contribution in [0.4, 0.5) is 0 Å². The molecule has 2 rings (SSSR count). The highest BCUT2D eigenvalue weighted by Crippen LogP contribution is 2.11. The molecule has 2 heterocycles. The molecule has 0 fully saturated rings. The number of aryl methyl sites for hydroxylation is 1. The van der Waals surface area contributed by atoms with Crippen molar-refractivity contribution >= 4 is 11.2 Å².